The van der Waals surface area contributed by atoms with Crippen LogP contribution < -0.4 is 10.6 Å². The van der Waals surface area contributed by atoms with Gasteiger partial charge in [0.15, 0.2) is 0 Å². The smallest absolute Gasteiger partial charge is 0.303 e. The molecule has 1 amide bonds. The summed E-state index contributed by atoms with van der Waals surface area (Å²) in [5, 5.41) is 14.8. The summed E-state index contributed by atoms with van der Waals surface area (Å²) in [6.45, 7) is 4.69. The Morgan fingerprint density at radius 2 is 1.83 bits per heavy atom. The normalized spacial score (nSPS) is 13.1. The number of hydrogen-bond acceptors (Lipinski definition) is 3. The summed E-state index contributed by atoms with van der Waals surface area (Å²) in [6.07, 6.45) is 10.9. The second-order valence-electron chi connectivity index (χ2n) is 5.37. The molecule has 0 rings (SSSR count). The summed E-state index contributed by atoms with van der Waals surface area (Å²) in [7, 11) is 0. The van der Waals surface area contributed by atoms with Gasteiger partial charge in [-0.15, -0.1) is 0 Å². The predicted molar refractivity (Wildman–Crippen MR) is 102 cm³/mol. The van der Waals surface area contributed by atoms with Crippen molar-refractivity contribution in [1.82, 2.24) is 10.6 Å². The van der Waals surface area contributed by atoms with E-state index < -0.39 is 5.97 Å². The first-order chi connectivity index (χ1) is 11.0. The van der Waals surface area contributed by atoms with Gasteiger partial charge in [-0.3, -0.25) is 9.59 Å². The molecule has 1 unspecified atom stereocenters. The average Bonchev–Trinajstić information content (AvgIpc) is 2.46. The molecule has 0 aromatic carbocycles. The van der Waals surface area contributed by atoms with Gasteiger partial charge in [0, 0.05) is 25.1 Å². The van der Waals surface area contributed by atoms with Crippen molar-refractivity contribution >= 4 is 34.5 Å². The number of amides is 1. The lowest BCUT2D eigenvalue weighted by atomic mass is 10.1. The van der Waals surface area contributed by atoms with Gasteiger partial charge < -0.3 is 15.7 Å². The molecular formula is C17H29IN2O3. The number of carbonyl (C=O) groups excluding carboxylic acids is 1. The van der Waals surface area contributed by atoms with Gasteiger partial charge in [0.2, 0.25) is 5.91 Å². The molecule has 6 heteroatoms. The van der Waals surface area contributed by atoms with Crippen LogP contribution in [0.15, 0.2) is 23.9 Å². The minimum Gasteiger partial charge on any atom is -0.481 e. The molecule has 0 aliphatic carbocycles. The lowest BCUT2D eigenvalue weighted by molar-refractivity contribution is -0.137. The Balaban J connectivity index is 3.74. The first kappa shape index (κ1) is 21.9. The summed E-state index contributed by atoms with van der Waals surface area (Å²) in [4.78, 5) is 22.0. The fourth-order valence-corrected chi connectivity index (χ4v) is 2.39. The van der Waals surface area contributed by atoms with Crippen LogP contribution in [0.2, 0.25) is 0 Å². The van der Waals surface area contributed by atoms with Crippen molar-refractivity contribution in [1.29, 1.82) is 0 Å². The van der Waals surface area contributed by atoms with Crippen LogP contribution in [0.4, 0.5) is 0 Å². The van der Waals surface area contributed by atoms with E-state index in [1.807, 2.05) is 19.1 Å². The average molecular weight is 436 g/mol. The molecule has 0 saturated carbocycles. The van der Waals surface area contributed by atoms with Crippen molar-refractivity contribution in [2.45, 2.75) is 62.8 Å². The summed E-state index contributed by atoms with van der Waals surface area (Å²) >= 11 is 2.31. The van der Waals surface area contributed by atoms with Crippen molar-refractivity contribution in [3.8, 4) is 0 Å². The van der Waals surface area contributed by atoms with E-state index in [0.29, 0.717) is 23.4 Å². The van der Waals surface area contributed by atoms with Crippen LogP contribution in [-0.4, -0.2) is 27.6 Å². The fourth-order valence-electron chi connectivity index (χ4n) is 2.03. The first-order valence-corrected chi connectivity index (χ1v) is 9.42. The topological polar surface area (TPSA) is 78.4 Å². The van der Waals surface area contributed by atoms with E-state index in [1.54, 1.807) is 0 Å². The van der Waals surface area contributed by atoms with E-state index in [0.717, 1.165) is 31.4 Å². The highest BCUT2D eigenvalue weighted by Gasteiger charge is 2.01. The third kappa shape index (κ3) is 15.6. The van der Waals surface area contributed by atoms with E-state index in [-0.39, 0.29) is 12.3 Å². The van der Waals surface area contributed by atoms with Gasteiger partial charge in [0.05, 0.1) is 4.05 Å². The second-order valence-corrected chi connectivity index (χ2v) is 7.23. The highest BCUT2D eigenvalue weighted by Crippen LogP contribution is 2.05. The number of carbonyl (C=O) groups is 2. The van der Waals surface area contributed by atoms with Crippen LogP contribution in [0.5, 0.6) is 0 Å². The van der Waals surface area contributed by atoms with Gasteiger partial charge in [-0.05, 0) is 39.2 Å². The monoisotopic (exact) mass is 436 g/mol. The fraction of sp³-hybridized carbons (Fsp3) is 0.647. The maximum Gasteiger partial charge on any atom is 0.303 e. The zero-order valence-corrected chi connectivity index (χ0v) is 16.3. The molecule has 0 aliphatic rings. The summed E-state index contributed by atoms with van der Waals surface area (Å²) < 4.78 is 0.353. The van der Waals surface area contributed by atoms with Crippen LogP contribution in [0, 0.1) is 0 Å². The van der Waals surface area contributed by atoms with Crippen molar-refractivity contribution < 1.29 is 14.7 Å². The highest BCUT2D eigenvalue weighted by molar-refractivity contribution is 14.1. The molecule has 132 valence electrons. The molecule has 0 aromatic heterocycles. The Morgan fingerprint density at radius 3 is 2.39 bits per heavy atom. The Morgan fingerprint density at radius 1 is 1.17 bits per heavy atom. The van der Waals surface area contributed by atoms with Gasteiger partial charge in [0.25, 0.3) is 0 Å². The predicted octanol–water partition coefficient (Wildman–Crippen LogP) is 3.75. The maximum atomic E-state index is 11.7. The summed E-state index contributed by atoms with van der Waals surface area (Å²) in [5.74, 6) is -0.682. The third-order valence-corrected chi connectivity index (χ3v) is 3.40. The number of alkyl halides is 1. The molecule has 0 aliphatic heterocycles. The maximum absolute atomic E-state index is 11.7. The van der Waals surface area contributed by atoms with Gasteiger partial charge in [-0.1, -0.05) is 47.6 Å². The Hall–Kier alpha value is -1.05. The minimum atomic E-state index is -0.750. The molecular weight excluding hydrogens is 407 g/mol. The number of halogens is 1. The van der Waals surface area contributed by atoms with E-state index in [1.165, 1.54) is 0 Å². The molecule has 0 spiro atoms. The van der Waals surface area contributed by atoms with Crippen molar-refractivity contribution in [3.63, 3.8) is 0 Å². The third-order valence-electron chi connectivity index (χ3n) is 3.09. The van der Waals surface area contributed by atoms with Crippen LogP contribution in [0.1, 0.15) is 58.8 Å². The number of hydrogen-bond donors (Lipinski definition) is 3. The molecule has 0 bridgehead atoms. The van der Waals surface area contributed by atoms with Gasteiger partial charge >= 0.3 is 5.97 Å². The molecule has 1 atom stereocenters. The van der Waals surface area contributed by atoms with Crippen molar-refractivity contribution in [2.75, 3.05) is 6.54 Å². The minimum absolute atomic E-state index is 0.0689. The number of nitrogens with one attached hydrogen (secondary N) is 2. The van der Waals surface area contributed by atoms with E-state index >= 15 is 0 Å². The number of carboxylic acids is 1. The number of carboxylic acid groups (broad SMARTS) is 1. The number of unbranched alkanes of at least 4 members (excludes halogenated alkanes) is 3. The first-order valence-electron chi connectivity index (χ1n) is 8.17. The van der Waals surface area contributed by atoms with E-state index in [4.69, 9.17) is 5.11 Å². The number of aliphatic carboxylic acids is 1. The molecule has 0 fully saturated rings. The zero-order valence-electron chi connectivity index (χ0n) is 14.1. The van der Waals surface area contributed by atoms with Crippen molar-refractivity contribution in [3.05, 3.63) is 23.9 Å². The van der Waals surface area contributed by atoms with E-state index in [2.05, 4.69) is 46.2 Å². The molecule has 0 saturated heterocycles. The number of allylic oxidation sites excluding steroid dienone is 2. The van der Waals surface area contributed by atoms with Crippen LogP contribution in [0.3, 0.4) is 0 Å². The largest absolute Gasteiger partial charge is 0.481 e. The zero-order chi connectivity index (χ0) is 17.5. The van der Waals surface area contributed by atoms with Crippen LogP contribution >= 0.6 is 22.6 Å². The van der Waals surface area contributed by atoms with Crippen LogP contribution in [0.25, 0.3) is 0 Å². The SMILES string of the molecule is C/C=C\C(=C/CCNC(=O)CCCCCCC(=O)O)NC(C)I. The molecule has 0 radical (unpaired) electrons. The second kappa shape index (κ2) is 14.5. The summed E-state index contributed by atoms with van der Waals surface area (Å²) in [5.41, 5.74) is 1.07. The molecule has 5 nitrogen and oxygen atoms in total. The lowest BCUT2D eigenvalue weighted by Crippen LogP contribution is -2.24. The van der Waals surface area contributed by atoms with Crippen molar-refractivity contribution in [2.24, 2.45) is 0 Å². The Kier molecular flexibility index (Phi) is 13.9. The Bertz CT molecular complexity index is 407. The van der Waals surface area contributed by atoms with Gasteiger partial charge in [0.1, 0.15) is 0 Å². The molecule has 0 heterocycles. The standard InChI is InChI=1S/C17H29IN2O3/c1-3-9-15(20-14(2)18)10-8-13-19-16(21)11-6-4-5-7-12-17(22)23/h3,9-10,14,20H,4-8,11-13H2,1-2H3,(H,19,21)(H,22,23)/b9-3-,15-10+. The highest BCUT2D eigenvalue weighted by atomic mass is 127. The molecule has 0 aromatic rings. The van der Waals surface area contributed by atoms with E-state index in [9.17, 15) is 9.59 Å². The Labute approximate surface area is 153 Å². The number of rotatable bonds is 13. The van der Waals surface area contributed by atoms with Crippen LogP contribution in [-0.2, 0) is 9.59 Å². The van der Waals surface area contributed by atoms with Gasteiger partial charge in [-0.2, -0.15) is 0 Å². The quantitative estimate of drug-likeness (QED) is 0.135. The lowest BCUT2D eigenvalue weighted by Gasteiger charge is -2.10. The summed E-state index contributed by atoms with van der Waals surface area (Å²) in [6, 6.07) is 0. The van der Waals surface area contributed by atoms with Gasteiger partial charge in [-0.25, -0.2) is 0 Å². The molecule has 23 heavy (non-hydrogen) atoms. The molecule has 3 N–H and O–H groups in total.